The van der Waals surface area contributed by atoms with Gasteiger partial charge in [-0.15, -0.1) is 0 Å². The van der Waals surface area contributed by atoms with Crippen LogP contribution in [-0.4, -0.2) is 27.9 Å². The van der Waals surface area contributed by atoms with Gasteiger partial charge >= 0.3 is 6.09 Å². The van der Waals surface area contributed by atoms with Gasteiger partial charge in [0, 0.05) is 6.20 Å². The SMILES string of the molecule is CCC(OC(N)=O)C(=O)c1nc2cccnc2o1. The molecule has 7 nitrogen and oxygen atoms in total. The molecule has 0 aliphatic rings. The number of ether oxygens (including phenoxy) is 1. The predicted octanol–water partition coefficient (Wildman–Crippen LogP) is 1.28. The summed E-state index contributed by atoms with van der Waals surface area (Å²) in [7, 11) is 0. The number of aromatic nitrogens is 2. The summed E-state index contributed by atoms with van der Waals surface area (Å²) < 4.78 is 9.87. The third kappa shape index (κ3) is 2.29. The van der Waals surface area contributed by atoms with E-state index < -0.39 is 18.0 Å². The normalized spacial score (nSPS) is 12.3. The highest BCUT2D eigenvalue weighted by Crippen LogP contribution is 2.15. The molecule has 2 aromatic rings. The summed E-state index contributed by atoms with van der Waals surface area (Å²) in [4.78, 5) is 30.5. The average Bonchev–Trinajstić information content (AvgIpc) is 2.78. The van der Waals surface area contributed by atoms with Crippen molar-refractivity contribution in [3.8, 4) is 0 Å². The molecule has 2 N–H and O–H groups in total. The first-order chi connectivity index (χ1) is 8.61. The zero-order chi connectivity index (χ0) is 13.1. The van der Waals surface area contributed by atoms with Crippen LogP contribution in [0.25, 0.3) is 11.2 Å². The second-order valence-corrected chi connectivity index (χ2v) is 3.54. The molecule has 0 aliphatic heterocycles. The Kier molecular flexibility index (Phi) is 3.22. The van der Waals surface area contributed by atoms with Gasteiger partial charge in [-0.3, -0.25) is 4.79 Å². The van der Waals surface area contributed by atoms with Crippen molar-refractivity contribution >= 4 is 23.1 Å². The average molecular weight is 249 g/mol. The Balaban J connectivity index is 2.29. The molecule has 2 rings (SSSR count). The number of ketones is 1. The standard InChI is InChI=1S/C11H11N3O4/c1-2-7(17-11(12)16)8(15)10-14-6-4-3-5-13-9(6)18-10/h3-5,7H,2H2,1H3,(H2,12,16). The molecular weight excluding hydrogens is 238 g/mol. The van der Waals surface area contributed by atoms with Crippen molar-refractivity contribution in [1.82, 2.24) is 9.97 Å². The molecule has 0 bridgehead atoms. The first-order valence-electron chi connectivity index (χ1n) is 5.33. The zero-order valence-corrected chi connectivity index (χ0v) is 9.62. The van der Waals surface area contributed by atoms with Crippen molar-refractivity contribution in [2.24, 2.45) is 5.73 Å². The van der Waals surface area contributed by atoms with Gasteiger partial charge in [-0.2, -0.15) is 0 Å². The molecule has 0 fully saturated rings. The Hall–Kier alpha value is -2.44. The molecule has 0 spiro atoms. The molecule has 0 aliphatic carbocycles. The summed E-state index contributed by atoms with van der Waals surface area (Å²) in [6.07, 6.45) is -0.188. The molecule has 1 amide bonds. The van der Waals surface area contributed by atoms with Gasteiger partial charge in [-0.05, 0) is 18.6 Å². The maximum atomic E-state index is 12.0. The van der Waals surface area contributed by atoms with E-state index in [0.29, 0.717) is 5.52 Å². The van der Waals surface area contributed by atoms with Crippen molar-refractivity contribution in [2.75, 3.05) is 0 Å². The number of Topliss-reactive ketones (excluding diaryl/α,β-unsaturated/α-hetero) is 1. The first kappa shape index (κ1) is 12.0. The fourth-order valence-electron chi connectivity index (χ4n) is 1.48. The summed E-state index contributed by atoms with van der Waals surface area (Å²) in [5.74, 6) is -0.675. The minimum atomic E-state index is -1.01. The van der Waals surface area contributed by atoms with E-state index in [1.807, 2.05) is 0 Å². The monoisotopic (exact) mass is 249 g/mol. The molecule has 1 atom stereocenters. The first-order valence-corrected chi connectivity index (χ1v) is 5.33. The van der Waals surface area contributed by atoms with E-state index in [0.717, 1.165) is 0 Å². The van der Waals surface area contributed by atoms with Gasteiger partial charge in [-0.1, -0.05) is 6.92 Å². The lowest BCUT2D eigenvalue weighted by Gasteiger charge is -2.10. The fourth-order valence-corrected chi connectivity index (χ4v) is 1.48. The highest BCUT2D eigenvalue weighted by atomic mass is 16.6. The lowest BCUT2D eigenvalue weighted by Crippen LogP contribution is -2.29. The van der Waals surface area contributed by atoms with E-state index in [2.05, 4.69) is 14.7 Å². The molecule has 2 heterocycles. The third-order valence-electron chi connectivity index (χ3n) is 2.30. The van der Waals surface area contributed by atoms with Gasteiger partial charge < -0.3 is 14.9 Å². The lowest BCUT2D eigenvalue weighted by atomic mass is 10.2. The molecule has 2 aromatic heterocycles. The number of hydrogen-bond donors (Lipinski definition) is 1. The Morgan fingerprint density at radius 3 is 2.94 bits per heavy atom. The smallest absolute Gasteiger partial charge is 0.405 e. The van der Waals surface area contributed by atoms with Gasteiger partial charge in [0.25, 0.3) is 11.7 Å². The van der Waals surface area contributed by atoms with E-state index in [9.17, 15) is 9.59 Å². The van der Waals surface area contributed by atoms with Crippen molar-refractivity contribution < 1.29 is 18.7 Å². The van der Waals surface area contributed by atoms with Gasteiger partial charge in [-0.25, -0.2) is 14.8 Å². The van der Waals surface area contributed by atoms with E-state index >= 15 is 0 Å². The van der Waals surface area contributed by atoms with Crippen molar-refractivity contribution in [3.63, 3.8) is 0 Å². The molecule has 7 heteroatoms. The van der Waals surface area contributed by atoms with Gasteiger partial charge in [0.1, 0.15) is 5.52 Å². The maximum Gasteiger partial charge on any atom is 0.405 e. The van der Waals surface area contributed by atoms with Crippen LogP contribution in [0.1, 0.15) is 24.0 Å². The Labute approximate surface area is 102 Å². The van der Waals surface area contributed by atoms with Crippen LogP contribution in [0, 0.1) is 0 Å². The van der Waals surface area contributed by atoms with Crippen LogP contribution in [0.15, 0.2) is 22.7 Å². The highest BCUT2D eigenvalue weighted by molar-refractivity contribution is 5.97. The van der Waals surface area contributed by atoms with Crippen LogP contribution in [0.3, 0.4) is 0 Å². The second-order valence-electron chi connectivity index (χ2n) is 3.54. The van der Waals surface area contributed by atoms with Gasteiger partial charge in [0.15, 0.2) is 6.10 Å². The predicted molar refractivity (Wildman–Crippen MR) is 60.9 cm³/mol. The van der Waals surface area contributed by atoms with Crippen molar-refractivity contribution in [3.05, 3.63) is 24.2 Å². The van der Waals surface area contributed by atoms with Crippen LogP contribution in [-0.2, 0) is 4.74 Å². The number of rotatable bonds is 4. The number of oxazole rings is 1. The molecule has 0 aromatic carbocycles. The van der Waals surface area contributed by atoms with Gasteiger partial charge in [0.05, 0.1) is 0 Å². The van der Waals surface area contributed by atoms with Crippen LogP contribution in [0.2, 0.25) is 0 Å². The number of pyridine rings is 1. The molecule has 0 radical (unpaired) electrons. The van der Waals surface area contributed by atoms with Crippen LogP contribution >= 0.6 is 0 Å². The Morgan fingerprint density at radius 2 is 2.33 bits per heavy atom. The van der Waals surface area contributed by atoms with E-state index in [-0.39, 0.29) is 18.0 Å². The topological polar surface area (TPSA) is 108 Å². The number of primary amides is 1. The second kappa shape index (κ2) is 4.82. The number of amides is 1. The summed E-state index contributed by atoms with van der Waals surface area (Å²) in [5, 5.41) is 0. The third-order valence-corrected chi connectivity index (χ3v) is 2.30. The number of nitrogens with two attached hydrogens (primary N) is 1. The Morgan fingerprint density at radius 1 is 1.56 bits per heavy atom. The molecular formula is C11H11N3O4. The van der Waals surface area contributed by atoms with Crippen LogP contribution in [0.5, 0.6) is 0 Å². The minimum Gasteiger partial charge on any atom is -0.438 e. The Bertz CT molecular complexity index is 560. The molecule has 18 heavy (non-hydrogen) atoms. The quantitative estimate of drug-likeness (QED) is 0.817. The molecule has 1 unspecified atom stereocenters. The summed E-state index contributed by atoms with van der Waals surface area (Å²) >= 11 is 0. The van der Waals surface area contributed by atoms with Gasteiger partial charge in [0.2, 0.25) is 5.71 Å². The fraction of sp³-hybridized carbons (Fsp3) is 0.273. The molecule has 94 valence electrons. The van der Waals surface area contributed by atoms with Crippen molar-refractivity contribution in [1.29, 1.82) is 0 Å². The zero-order valence-electron chi connectivity index (χ0n) is 9.62. The lowest BCUT2D eigenvalue weighted by molar-refractivity contribution is 0.0616. The van der Waals surface area contributed by atoms with E-state index in [1.54, 1.807) is 19.1 Å². The summed E-state index contributed by atoms with van der Waals surface area (Å²) in [5.41, 5.74) is 5.61. The maximum absolute atomic E-state index is 12.0. The number of carbonyl (C=O) groups is 2. The number of hydrogen-bond acceptors (Lipinski definition) is 6. The largest absolute Gasteiger partial charge is 0.438 e. The van der Waals surface area contributed by atoms with E-state index in [1.165, 1.54) is 6.20 Å². The minimum absolute atomic E-state index is 0.142. The molecule has 0 saturated carbocycles. The summed E-state index contributed by atoms with van der Waals surface area (Å²) in [6.45, 7) is 1.69. The molecule has 0 saturated heterocycles. The summed E-state index contributed by atoms with van der Waals surface area (Å²) in [6, 6.07) is 3.34. The van der Waals surface area contributed by atoms with Crippen LogP contribution in [0.4, 0.5) is 4.79 Å². The number of carbonyl (C=O) groups excluding carboxylic acids is 2. The van der Waals surface area contributed by atoms with Crippen LogP contribution < -0.4 is 5.73 Å². The van der Waals surface area contributed by atoms with E-state index in [4.69, 9.17) is 10.2 Å². The van der Waals surface area contributed by atoms with Crippen molar-refractivity contribution in [2.45, 2.75) is 19.4 Å². The number of fused-ring (bicyclic) bond motifs is 1. The highest BCUT2D eigenvalue weighted by Gasteiger charge is 2.26. The number of nitrogens with zero attached hydrogens (tertiary/aromatic N) is 2.